The third kappa shape index (κ3) is 3.06. The summed E-state index contributed by atoms with van der Waals surface area (Å²) < 4.78 is 5.34. The number of benzene rings is 1. The second kappa shape index (κ2) is 6.50. The largest absolute Gasteiger partial charge is 0.497 e. The Labute approximate surface area is 130 Å². The number of aromatic nitrogens is 1. The Kier molecular flexibility index (Phi) is 4.46. The van der Waals surface area contributed by atoms with E-state index in [1.807, 2.05) is 31.2 Å². The van der Waals surface area contributed by atoms with Crippen molar-refractivity contribution < 1.29 is 4.74 Å². The Bertz CT molecular complexity index is 603. The van der Waals surface area contributed by atoms with Crippen LogP contribution in [0.2, 0.25) is 0 Å². The van der Waals surface area contributed by atoms with E-state index in [0.29, 0.717) is 11.3 Å². The van der Waals surface area contributed by atoms with Crippen molar-refractivity contribution in [3.05, 3.63) is 53.9 Å². The van der Waals surface area contributed by atoms with E-state index in [1.54, 1.807) is 7.11 Å². The van der Waals surface area contributed by atoms with Gasteiger partial charge in [0.1, 0.15) is 5.75 Å². The van der Waals surface area contributed by atoms with Crippen LogP contribution in [-0.2, 0) is 6.42 Å². The molecule has 0 aliphatic heterocycles. The van der Waals surface area contributed by atoms with E-state index in [4.69, 9.17) is 4.74 Å². The Balaban J connectivity index is 1.84. The summed E-state index contributed by atoms with van der Waals surface area (Å²) >= 11 is 1.94. The molecule has 4 heteroatoms. The van der Waals surface area contributed by atoms with Crippen molar-refractivity contribution in [3.63, 3.8) is 0 Å². The van der Waals surface area contributed by atoms with Gasteiger partial charge in [0.25, 0.3) is 0 Å². The quantitative estimate of drug-likeness (QED) is 0.937. The molecule has 1 aromatic carbocycles. The highest BCUT2D eigenvalue weighted by atomic mass is 32.2. The molecule has 0 fully saturated rings. The molecule has 1 aliphatic carbocycles. The van der Waals surface area contributed by atoms with Crippen molar-refractivity contribution in [2.24, 2.45) is 0 Å². The summed E-state index contributed by atoms with van der Waals surface area (Å²) in [4.78, 5) is 5.37. The molecule has 1 aliphatic rings. The fourth-order valence-corrected chi connectivity index (χ4v) is 4.24. The zero-order valence-corrected chi connectivity index (χ0v) is 13.2. The van der Waals surface area contributed by atoms with Crippen molar-refractivity contribution in [2.45, 2.75) is 29.0 Å². The van der Waals surface area contributed by atoms with Crippen molar-refractivity contribution in [1.29, 1.82) is 0 Å². The minimum atomic E-state index is 0.373. The molecule has 1 heterocycles. The average molecular weight is 300 g/mol. The van der Waals surface area contributed by atoms with E-state index in [0.717, 1.165) is 12.2 Å². The maximum atomic E-state index is 5.34. The molecule has 2 aromatic rings. The van der Waals surface area contributed by atoms with Crippen LogP contribution in [0.15, 0.2) is 47.6 Å². The summed E-state index contributed by atoms with van der Waals surface area (Å²) in [6.07, 6.45) is 5.99. The van der Waals surface area contributed by atoms with Gasteiger partial charge in [-0.25, -0.2) is 0 Å². The Morgan fingerprint density at radius 3 is 2.76 bits per heavy atom. The van der Waals surface area contributed by atoms with Gasteiger partial charge in [-0.3, -0.25) is 4.98 Å². The van der Waals surface area contributed by atoms with Gasteiger partial charge in [0, 0.05) is 28.6 Å². The van der Waals surface area contributed by atoms with Gasteiger partial charge in [-0.05, 0) is 55.3 Å². The molecule has 0 spiro atoms. The van der Waals surface area contributed by atoms with Crippen LogP contribution in [0.1, 0.15) is 23.6 Å². The number of aryl methyl sites for hydroxylation is 1. The lowest BCUT2D eigenvalue weighted by atomic mass is 9.87. The number of pyridine rings is 1. The number of hydrogen-bond acceptors (Lipinski definition) is 4. The maximum Gasteiger partial charge on any atom is 0.119 e. The molecule has 110 valence electrons. The van der Waals surface area contributed by atoms with Crippen LogP contribution in [0, 0.1) is 0 Å². The number of methoxy groups -OCH3 is 1. The van der Waals surface area contributed by atoms with E-state index in [-0.39, 0.29) is 0 Å². The molecule has 2 unspecified atom stereocenters. The van der Waals surface area contributed by atoms with Gasteiger partial charge in [0.05, 0.1) is 7.11 Å². The smallest absolute Gasteiger partial charge is 0.119 e. The van der Waals surface area contributed by atoms with E-state index in [1.165, 1.54) is 22.4 Å². The first-order chi connectivity index (χ1) is 10.3. The lowest BCUT2D eigenvalue weighted by molar-refractivity contribution is 0.412. The van der Waals surface area contributed by atoms with Crippen LogP contribution in [-0.4, -0.2) is 24.4 Å². The minimum absolute atomic E-state index is 0.373. The van der Waals surface area contributed by atoms with E-state index >= 15 is 0 Å². The van der Waals surface area contributed by atoms with Gasteiger partial charge in [-0.2, -0.15) is 0 Å². The first kappa shape index (κ1) is 14.4. The molecule has 2 atom stereocenters. The third-order valence-corrected chi connectivity index (χ3v) is 5.36. The highest BCUT2D eigenvalue weighted by Gasteiger charge is 2.29. The zero-order valence-electron chi connectivity index (χ0n) is 12.4. The fourth-order valence-electron chi connectivity index (χ4n) is 2.95. The van der Waals surface area contributed by atoms with Crippen LogP contribution >= 0.6 is 11.8 Å². The van der Waals surface area contributed by atoms with Gasteiger partial charge in [0.15, 0.2) is 0 Å². The summed E-state index contributed by atoms with van der Waals surface area (Å²) in [5, 5.41) is 4.03. The van der Waals surface area contributed by atoms with E-state index in [9.17, 15) is 0 Å². The molecular weight excluding hydrogens is 280 g/mol. The highest BCUT2D eigenvalue weighted by Crippen LogP contribution is 2.40. The van der Waals surface area contributed by atoms with Crippen LogP contribution in [0.4, 0.5) is 0 Å². The summed E-state index contributed by atoms with van der Waals surface area (Å²) in [5.74, 6) is 0.948. The molecule has 0 amide bonds. The molecule has 1 N–H and O–H groups in total. The molecule has 0 radical (unpaired) electrons. The lowest BCUT2D eigenvalue weighted by Gasteiger charge is -2.33. The van der Waals surface area contributed by atoms with E-state index in [2.05, 4.69) is 40.6 Å². The Morgan fingerprint density at radius 2 is 2.05 bits per heavy atom. The van der Waals surface area contributed by atoms with Gasteiger partial charge in [-0.1, -0.05) is 6.07 Å². The number of ether oxygens (including phenoxy) is 1. The first-order valence-corrected chi connectivity index (χ1v) is 8.10. The van der Waals surface area contributed by atoms with Crippen LogP contribution < -0.4 is 10.1 Å². The second-order valence-corrected chi connectivity index (χ2v) is 6.52. The SMILES string of the molecule is CNC1c2ccc(OC)cc2CCC1Sc1ccncc1. The number of hydrogen-bond donors (Lipinski definition) is 1. The zero-order chi connectivity index (χ0) is 14.7. The molecule has 0 saturated carbocycles. The summed E-state index contributed by atoms with van der Waals surface area (Å²) in [6.45, 7) is 0. The Hall–Kier alpha value is -1.52. The lowest BCUT2D eigenvalue weighted by Crippen LogP contribution is -2.32. The van der Waals surface area contributed by atoms with Crippen molar-refractivity contribution >= 4 is 11.8 Å². The van der Waals surface area contributed by atoms with Gasteiger partial charge < -0.3 is 10.1 Å². The monoisotopic (exact) mass is 300 g/mol. The van der Waals surface area contributed by atoms with Crippen molar-refractivity contribution in [3.8, 4) is 5.75 Å². The maximum absolute atomic E-state index is 5.34. The van der Waals surface area contributed by atoms with Crippen LogP contribution in [0.3, 0.4) is 0 Å². The molecule has 0 saturated heterocycles. The minimum Gasteiger partial charge on any atom is -0.497 e. The molecule has 1 aromatic heterocycles. The summed E-state index contributed by atoms with van der Waals surface area (Å²) in [5.41, 5.74) is 2.80. The number of fused-ring (bicyclic) bond motifs is 1. The summed E-state index contributed by atoms with van der Waals surface area (Å²) in [7, 11) is 3.77. The van der Waals surface area contributed by atoms with Crippen LogP contribution in [0.25, 0.3) is 0 Å². The molecule has 3 rings (SSSR count). The fraction of sp³-hybridized carbons (Fsp3) is 0.353. The van der Waals surface area contributed by atoms with E-state index < -0.39 is 0 Å². The molecular formula is C17H20N2OS. The summed E-state index contributed by atoms with van der Waals surface area (Å²) in [6, 6.07) is 11.0. The number of rotatable bonds is 4. The van der Waals surface area contributed by atoms with Gasteiger partial charge in [-0.15, -0.1) is 11.8 Å². The number of nitrogens with one attached hydrogen (secondary N) is 1. The predicted molar refractivity (Wildman–Crippen MR) is 87.0 cm³/mol. The predicted octanol–water partition coefficient (Wildman–Crippen LogP) is 3.46. The standard InChI is InChI=1S/C17H20N2OS/c1-18-17-15-5-4-13(20-2)11-12(15)3-6-16(17)21-14-7-9-19-10-8-14/h4-5,7-11,16-18H,3,6H2,1-2H3. The highest BCUT2D eigenvalue weighted by molar-refractivity contribution is 8.00. The third-order valence-electron chi connectivity index (χ3n) is 4.00. The van der Waals surface area contributed by atoms with Gasteiger partial charge >= 0.3 is 0 Å². The second-order valence-electron chi connectivity index (χ2n) is 5.21. The Morgan fingerprint density at radius 1 is 1.24 bits per heavy atom. The number of nitrogens with zero attached hydrogens (tertiary/aromatic N) is 1. The average Bonchev–Trinajstić information content (AvgIpc) is 2.55. The van der Waals surface area contributed by atoms with Crippen molar-refractivity contribution in [2.75, 3.05) is 14.2 Å². The topological polar surface area (TPSA) is 34.1 Å². The molecule has 3 nitrogen and oxygen atoms in total. The first-order valence-electron chi connectivity index (χ1n) is 7.22. The van der Waals surface area contributed by atoms with Crippen LogP contribution in [0.5, 0.6) is 5.75 Å². The molecule has 0 bridgehead atoms. The molecule has 21 heavy (non-hydrogen) atoms. The number of thioether (sulfide) groups is 1. The van der Waals surface area contributed by atoms with Crippen molar-refractivity contribution in [1.82, 2.24) is 10.3 Å². The normalized spacial score (nSPS) is 20.9. The van der Waals surface area contributed by atoms with Gasteiger partial charge in [0.2, 0.25) is 0 Å².